The van der Waals surface area contributed by atoms with E-state index in [9.17, 15) is 0 Å². The quantitative estimate of drug-likeness (QED) is 0.871. The summed E-state index contributed by atoms with van der Waals surface area (Å²) in [5.41, 5.74) is 0.997. The smallest absolute Gasteiger partial charge is 0.147 e. The van der Waals surface area contributed by atoms with Gasteiger partial charge in [0.25, 0.3) is 0 Å². The summed E-state index contributed by atoms with van der Waals surface area (Å²) in [6.45, 7) is 7.82. The predicted molar refractivity (Wildman–Crippen MR) is 76.2 cm³/mol. The molecule has 0 spiro atoms. The van der Waals surface area contributed by atoms with E-state index >= 15 is 0 Å². The molecule has 0 amide bonds. The van der Waals surface area contributed by atoms with Crippen LogP contribution in [0.3, 0.4) is 0 Å². The predicted octanol–water partition coefficient (Wildman–Crippen LogP) is 3.16. The summed E-state index contributed by atoms with van der Waals surface area (Å²) in [6, 6.07) is 2.28. The molecule has 1 N–H and O–H groups in total. The van der Waals surface area contributed by atoms with E-state index < -0.39 is 0 Å². The Morgan fingerprint density at radius 3 is 2.94 bits per heavy atom. The number of anilines is 1. The van der Waals surface area contributed by atoms with Crippen LogP contribution in [-0.4, -0.2) is 29.2 Å². The molecule has 0 saturated heterocycles. The number of ether oxygens (including phenoxy) is 1. The van der Waals surface area contributed by atoms with Crippen LogP contribution in [0.4, 0.5) is 5.82 Å². The Bertz CT molecular complexity index is 498. The lowest BCUT2D eigenvalue weighted by atomic mass is 10.1. The van der Waals surface area contributed by atoms with Crippen LogP contribution < -0.4 is 5.32 Å². The standard InChI is InChI=1S/C13H19N3OS/c1-4-17-7-11(9(2)3)16-13-12-10(5-6-18-12)14-8-15-13/h5-6,8-9,11H,4,7H2,1-3H3,(H,14,15,16). The maximum atomic E-state index is 5.52. The average molecular weight is 265 g/mol. The molecule has 2 heterocycles. The molecule has 0 aromatic carbocycles. The lowest BCUT2D eigenvalue weighted by Gasteiger charge is -2.22. The van der Waals surface area contributed by atoms with E-state index in [4.69, 9.17) is 4.74 Å². The van der Waals surface area contributed by atoms with Crippen LogP contribution >= 0.6 is 11.3 Å². The van der Waals surface area contributed by atoms with Crippen LogP contribution in [0.15, 0.2) is 17.8 Å². The molecule has 0 aliphatic rings. The van der Waals surface area contributed by atoms with Crippen LogP contribution in [-0.2, 0) is 4.74 Å². The second-order valence-electron chi connectivity index (χ2n) is 4.51. The SMILES string of the molecule is CCOCC(Nc1ncnc2ccsc12)C(C)C. The van der Waals surface area contributed by atoms with Crippen molar-refractivity contribution in [2.75, 3.05) is 18.5 Å². The molecule has 2 aromatic rings. The molecule has 1 atom stereocenters. The van der Waals surface area contributed by atoms with Crippen LogP contribution in [0.5, 0.6) is 0 Å². The largest absolute Gasteiger partial charge is 0.380 e. The number of hydrogen-bond acceptors (Lipinski definition) is 5. The van der Waals surface area contributed by atoms with E-state index in [1.807, 2.05) is 18.4 Å². The van der Waals surface area contributed by atoms with Crippen LogP contribution in [0.25, 0.3) is 10.2 Å². The second kappa shape index (κ2) is 6.11. The highest BCUT2D eigenvalue weighted by atomic mass is 32.1. The van der Waals surface area contributed by atoms with Crippen molar-refractivity contribution in [2.24, 2.45) is 5.92 Å². The van der Waals surface area contributed by atoms with E-state index in [0.29, 0.717) is 12.5 Å². The zero-order valence-corrected chi connectivity index (χ0v) is 11.8. The number of fused-ring (bicyclic) bond motifs is 1. The molecule has 2 aromatic heterocycles. The Balaban J connectivity index is 2.17. The third-order valence-electron chi connectivity index (χ3n) is 2.87. The number of aromatic nitrogens is 2. The molecule has 5 heteroatoms. The van der Waals surface area contributed by atoms with E-state index in [1.165, 1.54) is 0 Å². The van der Waals surface area contributed by atoms with Gasteiger partial charge in [0.15, 0.2) is 0 Å². The lowest BCUT2D eigenvalue weighted by molar-refractivity contribution is 0.126. The number of rotatable bonds is 6. The molecule has 4 nitrogen and oxygen atoms in total. The minimum absolute atomic E-state index is 0.269. The number of nitrogens with zero attached hydrogens (tertiary/aromatic N) is 2. The molecule has 0 bridgehead atoms. The van der Waals surface area contributed by atoms with Gasteiger partial charge in [-0.1, -0.05) is 13.8 Å². The molecule has 0 fully saturated rings. The Labute approximate surface area is 111 Å². The number of thiophene rings is 1. The maximum Gasteiger partial charge on any atom is 0.147 e. The van der Waals surface area contributed by atoms with Gasteiger partial charge in [-0.05, 0) is 24.3 Å². The zero-order valence-electron chi connectivity index (χ0n) is 11.0. The van der Waals surface area contributed by atoms with E-state index in [1.54, 1.807) is 17.7 Å². The monoisotopic (exact) mass is 265 g/mol. The Kier molecular flexibility index (Phi) is 4.49. The Hall–Kier alpha value is -1.20. The highest BCUT2D eigenvalue weighted by molar-refractivity contribution is 7.17. The van der Waals surface area contributed by atoms with Crippen molar-refractivity contribution in [1.29, 1.82) is 0 Å². The molecule has 2 rings (SSSR count). The second-order valence-corrected chi connectivity index (χ2v) is 5.43. The minimum atomic E-state index is 0.269. The summed E-state index contributed by atoms with van der Waals surface area (Å²) in [5, 5.41) is 5.52. The minimum Gasteiger partial charge on any atom is -0.380 e. The van der Waals surface area contributed by atoms with Gasteiger partial charge >= 0.3 is 0 Å². The zero-order chi connectivity index (χ0) is 13.0. The van der Waals surface area contributed by atoms with Gasteiger partial charge < -0.3 is 10.1 Å². The van der Waals surface area contributed by atoms with Gasteiger partial charge in [-0.15, -0.1) is 11.3 Å². The first-order valence-electron chi connectivity index (χ1n) is 6.24. The summed E-state index contributed by atoms with van der Waals surface area (Å²) in [6.07, 6.45) is 1.61. The van der Waals surface area contributed by atoms with Crippen molar-refractivity contribution in [3.05, 3.63) is 17.8 Å². The highest BCUT2D eigenvalue weighted by Crippen LogP contribution is 2.26. The number of nitrogens with one attached hydrogen (secondary N) is 1. The fourth-order valence-corrected chi connectivity index (χ4v) is 2.51. The Morgan fingerprint density at radius 1 is 1.39 bits per heavy atom. The van der Waals surface area contributed by atoms with Gasteiger partial charge in [0.1, 0.15) is 12.1 Å². The third kappa shape index (κ3) is 2.97. The molecule has 98 valence electrons. The van der Waals surface area contributed by atoms with Crippen molar-refractivity contribution in [3.8, 4) is 0 Å². The highest BCUT2D eigenvalue weighted by Gasteiger charge is 2.15. The summed E-state index contributed by atoms with van der Waals surface area (Å²) in [7, 11) is 0. The van der Waals surface area contributed by atoms with Crippen molar-refractivity contribution in [3.63, 3.8) is 0 Å². The first-order chi connectivity index (χ1) is 8.72. The molecule has 0 radical (unpaired) electrons. The first-order valence-corrected chi connectivity index (χ1v) is 7.12. The van der Waals surface area contributed by atoms with Crippen molar-refractivity contribution < 1.29 is 4.74 Å². The van der Waals surface area contributed by atoms with E-state index in [0.717, 1.165) is 22.6 Å². The van der Waals surface area contributed by atoms with E-state index in [-0.39, 0.29) is 6.04 Å². The summed E-state index contributed by atoms with van der Waals surface area (Å²) in [4.78, 5) is 8.59. The summed E-state index contributed by atoms with van der Waals surface area (Å²) >= 11 is 1.66. The fourth-order valence-electron chi connectivity index (χ4n) is 1.71. The van der Waals surface area contributed by atoms with Gasteiger partial charge in [-0.25, -0.2) is 9.97 Å². The molecule has 1 unspecified atom stereocenters. The first kappa shape index (κ1) is 13.2. The summed E-state index contributed by atoms with van der Waals surface area (Å²) in [5.74, 6) is 1.40. The lowest BCUT2D eigenvalue weighted by Crippen LogP contribution is -2.31. The molecule has 0 saturated carbocycles. The van der Waals surface area contributed by atoms with E-state index in [2.05, 4.69) is 29.1 Å². The molecule has 0 aliphatic heterocycles. The maximum absolute atomic E-state index is 5.52. The van der Waals surface area contributed by atoms with Gasteiger partial charge in [-0.3, -0.25) is 0 Å². The van der Waals surface area contributed by atoms with Crippen molar-refractivity contribution >= 4 is 27.4 Å². The van der Waals surface area contributed by atoms with Gasteiger partial charge in [0, 0.05) is 6.61 Å². The topological polar surface area (TPSA) is 47.0 Å². The van der Waals surface area contributed by atoms with Crippen molar-refractivity contribution in [2.45, 2.75) is 26.8 Å². The molecule has 18 heavy (non-hydrogen) atoms. The van der Waals surface area contributed by atoms with Crippen LogP contribution in [0.1, 0.15) is 20.8 Å². The molecular weight excluding hydrogens is 246 g/mol. The summed E-state index contributed by atoms with van der Waals surface area (Å²) < 4.78 is 6.63. The normalized spacial score (nSPS) is 13.1. The van der Waals surface area contributed by atoms with Crippen molar-refractivity contribution in [1.82, 2.24) is 9.97 Å². The van der Waals surface area contributed by atoms with Gasteiger partial charge in [0.05, 0.1) is 22.9 Å². The Morgan fingerprint density at radius 2 is 2.22 bits per heavy atom. The average Bonchev–Trinajstić information content (AvgIpc) is 2.83. The van der Waals surface area contributed by atoms with Crippen LogP contribution in [0, 0.1) is 5.92 Å². The number of hydrogen-bond donors (Lipinski definition) is 1. The third-order valence-corrected chi connectivity index (χ3v) is 3.78. The van der Waals surface area contributed by atoms with Gasteiger partial charge in [-0.2, -0.15) is 0 Å². The van der Waals surface area contributed by atoms with Crippen LogP contribution in [0.2, 0.25) is 0 Å². The molecule has 0 aliphatic carbocycles. The fraction of sp³-hybridized carbons (Fsp3) is 0.538. The molecular formula is C13H19N3OS. The van der Waals surface area contributed by atoms with Gasteiger partial charge in [0.2, 0.25) is 0 Å².